The molecule has 0 unspecified atom stereocenters. The molecule has 3 heteroatoms. The molecule has 96 valence electrons. The van der Waals surface area contributed by atoms with E-state index in [4.69, 9.17) is 0 Å². The van der Waals surface area contributed by atoms with E-state index in [1.807, 2.05) is 48.6 Å². The van der Waals surface area contributed by atoms with Crippen molar-refractivity contribution in [3.8, 4) is 0 Å². The van der Waals surface area contributed by atoms with E-state index >= 15 is 0 Å². The van der Waals surface area contributed by atoms with Crippen molar-refractivity contribution >= 4 is 17.7 Å². The molecule has 0 atom stereocenters. The van der Waals surface area contributed by atoms with Gasteiger partial charge in [0.05, 0.1) is 5.97 Å². The summed E-state index contributed by atoms with van der Waals surface area (Å²) in [4.78, 5) is 10.7. The lowest BCUT2D eigenvalue weighted by Gasteiger charge is -2.06. The third kappa shape index (κ3) is 4.00. The van der Waals surface area contributed by atoms with E-state index in [0.29, 0.717) is 6.54 Å². The fourth-order valence-electron chi connectivity index (χ4n) is 1.69. The van der Waals surface area contributed by atoms with Gasteiger partial charge in [0.2, 0.25) is 0 Å². The van der Waals surface area contributed by atoms with Gasteiger partial charge in [0, 0.05) is 12.2 Å². The molecular formula is C16H14NO2-. The van der Waals surface area contributed by atoms with Gasteiger partial charge in [0.25, 0.3) is 0 Å². The number of hydrogen-bond acceptors (Lipinski definition) is 3. The molecule has 0 amide bonds. The molecule has 0 radical (unpaired) electrons. The molecule has 2 aromatic carbocycles. The topological polar surface area (TPSA) is 52.2 Å². The number of carboxylic acid groups (broad SMARTS) is 1. The molecule has 0 aliphatic carbocycles. The van der Waals surface area contributed by atoms with Crippen LogP contribution in [0, 0.1) is 0 Å². The van der Waals surface area contributed by atoms with Gasteiger partial charge in [-0.15, -0.1) is 0 Å². The fraction of sp³-hybridized carbons (Fsp3) is 0.0625. The molecule has 0 spiro atoms. The number of anilines is 1. The van der Waals surface area contributed by atoms with Crippen LogP contribution in [-0.4, -0.2) is 12.5 Å². The average molecular weight is 252 g/mol. The van der Waals surface area contributed by atoms with Crippen LogP contribution in [0.4, 0.5) is 5.69 Å². The normalized spacial score (nSPS) is 10.5. The lowest BCUT2D eigenvalue weighted by Crippen LogP contribution is -2.22. The van der Waals surface area contributed by atoms with Crippen LogP contribution in [0.1, 0.15) is 15.9 Å². The van der Waals surface area contributed by atoms with Crippen molar-refractivity contribution in [1.29, 1.82) is 0 Å². The Kier molecular flexibility index (Phi) is 4.34. The summed E-state index contributed by atoms with van der Waals surface area (Å²) in [6.07, 6.45) is 4.00. The number of carboxylic acids is 1. The van der Waals surface area contributed by atoms with Gasteiger partial charge >= 0.3 is 0 Å². The van der Waals surface area contributed by atoms with Gasteiger partial charge in [-0.3, -0.25) is 0 Å². The zero-order valence-corrected chi connectivity index (χ0v) is 10.4. The summed E-state index contributed by atoms with van der Waals surface area (Å²) in [5, 5.41) is 13.8. The number of carbonyl (C=O) groups excluding carboxylic acids is 1. The molecule has 0 saturated carbocycles. The Hall–Kier alpha value is -2.55. The standard InChI is InChI=1S/C16H15NO2/c18-16(19)14-9-4-10-15(12-14)17-11-5-8-13-6-2-1-3-7-13/h1-10,12,17H,11H2,(H,18,19)/p-1/b8-5+. The van der Waals surface area contributed by atoms with E-state index in [2.05, 4.69) is 5.32 Å². The first-order chi connectivity index (χ1) is 9.25. The van der Waals surface area contributed by atoms with Gasteiger partial charge in [-0.25, -0.2) is 0 Å². The van der Waals surface area contributed by atoms with Crippen molar-refractivity contribution < 1.29 is 9.90 Å². The largest absolute Gasteiger partial charge is 0.545 e. The molecule has 19 heavy (non-hydrogen) atoms. The highest BCUT2D eigenvalue weighted by Crippen LogP contribution is 2.09. The zero-order chi connectivity index (χ0) is 13.5. The van der Waals surface area contributed by atoms with Crippen molar-refractivity contribution in [2.45, 2.75) is 0 Å². The Morgan fingerprint density at radius 1 is 1.11 bits per heavy atom. The predicted molar refractivity (Wildman–Crippen MR) is 74.7 cm³/mol. The van der Waals surface area contributed by atoms with Crippen LogP contribution in [0.25, 0.3) is 6.08 Å². The predicted octanol–water partition coefficient (Wildman–Crippen LogP) is 2.18. The van der Waals surface area contributed by atoms with Crippen LogP contribution < -0.4 is 10.4 Å². The van der Waals surface area contributed by atoms with Crippen LogP contribution in [0.3, 0.4) is 0 Å². The number of hydrogen-bond donors (Lipinski definition) is 1. The molecule has 2 rings (SSSR count). The highest BCUT2D eigenvalue weighted by Gasteiger charge is 1.94. The molecule has 0 saturated heterocycles. The summed E-state index contributed by atoms with van der Waals surface area (Å²) in [5.74, 6) is -1.16. The maximum Gasteiger partial charge on any atom is 0.0716 e. The Balaban J connectivity index is 1.91. The van der Waals surface area contributed by atoms with Gasteiger partial charge < -0.3 is 15.2 Å². The number of rotatable bonds is 5. The first-order valence-electron chi connectivity index (χ1n) is 6.02. The Bertz CT molecular complexity index is 576. The summed E-state index contributed by atoms with van der Waals surface area (Å²) >= 11 is 0. The molecule has 0 aromatic heterocycles. The SMILES string of the molecule is O=C([O-])c1cccc(NC/C=C/c2ccccc2)c1. The number of aromatic carboxylic acids is 1. The highest BCUT2D eigenvalue weighted by molar-refractivity contribution is 5.87. The van der Waals surface area contributed by atoms with Gasteiger partial charge in [-0.2, -0.15) is 0 Å². The van der Waals surface area contributed by atoms with E-state index < -0.39 is 5.97 Å². The second kappa shape index (κ2) is 6.40. The number of nitrogens with one attached hydrogen (secondary N) is 1. The van der Waals surface area contributed by atoms with Crippen LogP contribution in [0.15, 0.2) is 60.7 Å². The number of carbonyl (C=O) groups is 1. The first kappa shape index (κ1) is 12.9. The van der Waals surface area contributed by atoms with Crippen molar-refractivity contribution in [3.63, 3.8) is 0 Å². The number of benzene rings is 2. The van der Waals surface area contributed by atoms with Gasteiger partial charge in [-0.05, 0) is 23.3 Å². The molecule has 2 aromatic rings. The Morgan fingerprint density at radius 3 is 2.63 bits per heavy atom. The lowest BCUT2D eigenvalue weighted by atomic mass is 10.2. The zero-order valence-electron chi connectivity index (χ0n) is 10.4. The molecule has 0 heterocycles. The van der Waals surface area contributed by atoms with E-state index in [-0.39, 0.29) is 5.56 Å². The van der Waals surface area contributed by atoms with E-state index in [0.717, 1.165) is 11.3 Å². The van der Waals surface area contributed by atoms with Crippen molar-refractivity contribution in [3.05, 3.63) is 71.8 Å². The second-order valence-electron chi connectivity index (χ2n) is 4.06. The van der Waals surface area contributed by atoms with Gasteiger partial charge in [0.15, 0.2) is 0 Å². The Labute approximate surface area is 112 Å². The third-order valence-electron chi connectivity index (χ3n) is 2.63. The molecule has 3 nitrogen and oxygen atoms in total. The van der Waals surface area contributed by atoms with E-state index in [9.17, 15) is 9.90 Å². The van der Waals surface area contributed by atoms with Crippen LogP contribution in [-0.2, 0) is 0 Å². The maximum absolute atomic E-state index is 10.7. The maximum atomic E-state index is 10.7. The minimum absolute atomic E-state index is 0.178. The quantitative estimate of drug-likeness (QED) is 0.887. The lowest BCUT2D eigenvalue weighted by molar-refractivity contribution is -0.255. The third-order valence-corrected chi connectivity index (χ3v) is 2.63. The monoisotopic (exact) mass is 252 g/mol. The molecule has 0 fully saturated rings. The van der Waals surface area contributed by atoms with Crippen LogP contribution >= 0.6 is 0 Å². The van der Waals surface area contributed by atoms with Crippen molar-refractivity contribution in [2.24, 2.45) is 0 Å². The van der Waals surface area contributed by atoms with Gasteiger partial charge in [-0.1, -0.05) is 54.6 Å². The highest BCUT2D eigenvalue weighted by atomic mass is 16.4. The molecule has 1 N–H and O–H groups in total. The van der Waals surface area contributed by atoms with E-state index in [1.54, 1.807) is 12.1 Å². The minimum atomic E-state index is -1.16. The molecular weight excluding hydrogens is 238 g/mol. The van der Waals surface area contributed by atoms with Gasteiger partial charge in [0.1, 0.15) is 0 Å². The Morgan fingerprint density at radius 2 is 1.89 bits per heavy atom. The van der Waals surface area contributed by atoms with Crippen LogP contribution in [0.5, 0.6) is 0 Å². The minimum Gasteiger partial charge on any atom is -0.545 e. The molecule has 0 aliphatic heterocycles. The first-order valence-corrected chi connectivity index (χ1v) is 6.02. The molecule has 0 aliphatic rings. The smallest absolute Gasteiger partial charge is 0.0716 e. The fourth-order valence-corrected chi connectivity index (χ4v) is 1.69. The summed E-state index contributed by atoms with van der Waals surface area (Å²) in [7, 11) is 0. The molecule has 0 bridgehead atoms. The summed E-state index contributed by atoms with van der Waals surface area (Å²) in [6.45, 7) is 0.630. The average Bonchev–Trinajstić information content (AvgIpc) is 2.45. The second-order valence-corrected chi connectivity index (χ2v) is 4.06. The summed E-state index contributed by atoms with van der Waals surface area (Å²) in [5.41, 5.74) is 2.07. The van der Waals surface area contributed by atoms with Crippen LogP contribution in [0.2, 0.25) is 0 Å². The summed E-state index contributed by atoms with van der Waals surface area (Å²) in [6, 6.07) is 16.6. The van der Waals surface area contributed by atoms with E-state index in [1.165, 1.54) is 6.07 Å². The summed E-state index contributed by atoms with van der Waals surface area (Å²) < 4.78 is 0. The van der Waals surface area contributed by atoms with Crippen molar-refractivity contribution in [2.75, 3.05) is 11.9 Å². The van der Waals surface area contributed by atoms with Crippen molar-refractivity contribution in [1.82, 2.24) is 0 Å².